The number of hydrogen-bond donors (Lipinski definition) is 0. The van der Waals surface area contributed by atoms with Crippen molar-refractivity contribution in [3.63, 3.8) is 0 Å². The summed E-state index contributed by atoms with van der Waals surface area (Å²) in [6, 6.07) is 68.1. The summed E-state index contributed by atoms with van der Waals surface area (Å²) in [5.41, 5.74) is 11.2. The van der Waals surface area contributed by atoms with Gasteiger partial charge in [-0.25, -0.2) is 4.85 Å². The summed E-state index contributed by atoms with van der Waals surface area (Å²) in [5.74, 6) is 0.869. The van der Waals surface area contributed by atoms with Gasteiger partial charge in [-0.3, -0.25) is 0 Å². The lowest BCUT2D eigenvalue weighted by molar-refractivity contribution is 0.163. The second-order valence-electron chi connectivity index (χ2n) is 13.6. The van der Waals surface area contributed by atoms with Crippen molar-refractivity contribution in [2.75, 3.05) is 4.90 Å². The molecule has 0 saturated carbocycles. The lowest BCUT2D eigenvalue weighted by atomic mass is 9.82. The van der Waals surface area contributed by atoms with Crippen LogP contribution >= 0.6 is 0 Å². The number of rotatable bonds is 8. The lowest BCUT2D eigenvalue weighted by Gasteiger charge is -2.37. The van der Waals surface area contributed by atoms with E-state index in [1.807, 2.05) is 24.3 Å². The van der Waals surface area contributed by atoms with E-state index in [1.54, 1.807) is 0 Å². The Kier molecular flexibility index (Phi) is 8.84. The van der Waals surface area contributed by atoms with Gasteiger partial charge in [0.2, 0.25) is 0 Å². The molecule has 1 atom stereocenters. The first-order chi connectivity index (χ1) is 27.2. The molecule has 3 heteroatoms. The topological polar surface area (TPSA) is 16.8 Å². The summed E-state index contributed by atoms with van der Waals surface area (Å²) < 4.78 is 7.32. The van der Waals surface area contributed by atoms with Crippen LogP contribution in [0.2, 0.25) is 0 Å². The van der Waals surface area contributed by atoms with Gasteiger partial charge in [-0.1, -0.05) is 164 Å². The van der Waals surface area contributed by atoms with Gasteiger partial charge in [-0.15, -0.1) is 0 Å². The van der Waals surface area contributed by atoms with E-state index in [4.69, 9.17) is 11.3 Å². The summed E-state index contributed by atoms with van der Waals surface area (Å²) in [6.07, 6.45) is 7.74. The van der Waals surface area contributed by atoms with Gasteiger partial charge >= 0.3 is 0 Å². The van der Waals surface area contributed by atoms with Crippen LogP contribution in [0, 0.1) is 6.57 Å². The number of nitrogens with zero attached hydrogens (tertiary/aromatic N) is 2. The van der Waals surface area contributed by atoms with Crippen LogP contribution in [0.25, 0.3) is 50.0 Å². The molecule has 1 aliphatic rings. The highest BCUT2D eigenvalue weighted by atomic mass is 16.5. The fraction of sp³-hybridized carbons (Fsp3) is 0.0192. The quantitative estimate of drug-likeness (QED) is 0.146. The summed E-state index contributed by atoms with van der Waals surface area (Å²) in [5, 5.41) is 2.21. The molecular weight excluding hydrogens is 669 g/mol. The van der Waals surface area contributed by atoms with E-state index in [2.05, 4.69) is 198 Å². The molecule has 1 heterocycles. The number of benzene rings is 8. The van der Waals surface area contributed by atoms with Gasteiger partial charge in [0, 0.05) is 39.1 Å². The van der Waals surface area contributed by atoms with E-state index in [9.17, 15) is 0 Å². The predicted octanol–water partition coefficient (Wildman–Crippen LogP) is 13.9. The summed E-state index contributed by atoms with van der Waals surface area (Å²) in [4.78, 5) is 5.61. The van der Waals surface area contributed by atoms with Crippen molar-refractivity contribution < 1.29 is 4.74 Å². The molecule has 0 aliphatic carbocycles. The largest absolute Gasteiger partial charge is 0.472 e. The SMILES string of the molecule is [C-]#[N+]/C=C\c1ccc(-c2ccc(C3(c4ccccc4)C=Cc4cc(-c5ccc(N(c6ccccc6)c6ccccc6)cc5)c5ccccc5c4O3)cc2)cc1. The smallest absolute Gasteiger partial charge is 0.178 e. The Morgan fingerprint density at radius 3 is 1.64 bits per heavy atom. The van der Waals surface area contributed by atoms with Gasteiger partial charge in [0.05, 0.1) is 6.57 Å². The molecule has 9 rings (SSSR count). The summed E-state index contributed by atoms with van der Waals surface area (Å²) in [6.45, 7) is 7.02. The van der Waals surface area contributed by atoms with Crippen LogP contribution in [0.15, 0.2) is 206 Å². The second-order valence-corrected chi connectivity index (χ2v) is 13.6. The number of fused-ring (bicyclic) bond motifs is 3. The molecule has 0 saturated heterocycles. The fourth-order valence-electron chi connectivity index (χ4n) is 7.62. The van der Waals surface area contributed by atoms with Crippen LogP contribution in [0.3, 0.4) is 0 Å². The molecule has 260 valence electrons. The van der Waals surface area contributed by atoms with E-state index in [1.165, 1.54) is 6.20 Å². The first kappa shape index (κ1) is 33.4. The maximum atomic E-state index is 7.32. The zero-order chi connectivity index (χ0) is 37.0. The lowest BCUT2D eigenvalue weighted by Crippen LogP contribution is -2.34. The highest BCUT2D eigenvalue weighted by Crippen LogP contribution is 2.48. The Bertz CT molecular complexity index is 2660. The Morgan fingerprint density at radius 1 is 0.509 bits per heavy atom. The monoisotopic (exact) mass is 704 g/mol. The van der Waals surface area contributed by atoms with Crippen LogP contribution in [-0.2, 0) is 5.60 Å². The highest BCUT2D eigenvalue weighted by molar-refractivity contribution is 6.03. The number of anilines is 3. The van der Waals surface area contributed by atoms with Gasteiger partial charge in [-0.05, 0) is 81.7 Å². The van der Waals surface area contributed by atoms with E-state index in [0.717, 1.165) is 78.1 Å². The fourth-order valence-corrected chi connectivity index (χ4v) is 7.62. The zero-order valence-corrected chi connectivity index (χ0v) is 30.1. The van der Waals surface area contributed by atoms with Crippen LogP contribution in [0.5, 0.6) is 5.75 Å². The third kappa shape index (κ3) is 6.37. The second kappa shape index (κ2) is 14.5. The molecule has 0 fully saturated rings. The van der Waals surface area contributed by atoms with Crippen molar-refractivity contribution in [2.45, 2.75) is 5.60 Å². The zero-order valence-electron chi connectivity index (χ0n) is 30.1. The van der Waals surface area contributed by atoms with Crippen molar-refractivity contribution >= 4 is 40.0 Å². The summed E-state index contributed by atoms with van der Waals surface area (Å²) >= 11 is 0. The van der Waals surface area contributed by atoms with Crippen LogP contribution in [-0.4, -0.2) is 0 Å². The molecular formula is C52H36N2O. The van der Waals surface area contributed by atoms with Gasteiger partial charge in [0.25, 0.3) is 0 Å². The standard InChI is InChI=1S/C52H36N2O/c1-53-36-34-38-21-23-39(24-22-38)40-25-29-44(30-26-40)52(43-13-5-2-6-14-43)35-33-42-37-50(48-19-11-12-20-49(48)51(42)55-52)41-27-31-47(32-28-41)54(45-15-7-3-8-16-45)46-17-9-4-10-18-46/h2-37H/b36-34-. The third-order valence-electron chi connectivity index (χ3n) is 10.4. The number of hydrogen-bond acceptors (Lipinski definition) is 2. The van der Waals surface area contributed by atoms with E-state index in [-0.39, 0.29) is 0 Å². The minimum absolute atomic E-state index is 0.828. The Hall–Kier alpha value is -7.41. The van der Waals surface area contributed by atoms with Crippen molar-refractivity contribution in [1.29, 1.82) is 0 Å². The molecule has 0 spiro atoms. The molecule has 0 bridgehead atoms. The average Bonchev–Trinajstić information content (AvgIpc) is 3.27. The first-order valence-electron chi connectivity index (χ1n) is 18.4. The van der Waals surface area contributed by atoms with Crippen molar-refractivity contribution in [3.8, 4) is 28.0 Å². The van der Waals surface area contributed by atoms with Gasteiger partial charge in [-0.2, -0.15) is 0 Å². The van der Waals surface area contributed by atoms with Crippen LogP contribution in [0.4, 0.5) is 17.1 Å². The maximum absolute atomic E-state index is 7.32. The average molecular weight is 705 g/mol. The molecule has 0 radical (unpaired) electrons. The molecule has 8 aromatic rings. The summed E-state index contributed by atoms with van der Waals surface area (Å²) in [7, 11) is 0. The Labute approximate surface area is 322 Å². The highest BCUT2D eigenvalue weighted by Gasteiger charge is 2.38. The predicted molar refractivity (Wildman–Crippen MR) is 228 cm³/mol. The number of ether oxygens (including phenoxy) is 1. The van der Waals surface area contributed by atoms with E-state index < -0.39 is 5.60 Å². The molecule has 55 heavy (non-hydrogen) atoms. The molecule has 1 unspecified atom stereocenters. The van der Waals surface area contributed by atoms with E-state index in [0.29, 0.717) is 0 Å². The molecule has 0 amide bonds. The first-order valence-corrected chi connectivity index (χ1v) is 18.4. The molecule has 0 aromatic heterocycles. The molecule has 8 aromatic carbocycles. The molecule has 1 aliphatic heterocycles. The van der Waals surface area contributed by atoms with Gasteiger partial charge in [0.1, 0.15) is 5.75 Å². The normalized spacial score (nSPS) is 14.6. The molecule has 0 N–H and O–H groups in total. The van der Waals surface area contributed by atoms with Crippen LogP contribution < -0.4 is 9.64 Å². The van der Waals surface area contributed by atoms with Crippen LogP contribution in [0.1, 0.15) is 22.3 Å². The molecule has 3 nitrogen and oxygen atoms in total. The van der Waals surface area contributed by atoms with Gasteiger partial charge < -0.3 is 9.64 Å². The van der Waals surface area contributed by atoms with Crippen molar-refractivity contribution in [2.24, 2.45) is 0 Å². The van der Waals surface area contributed by atoms with E-state index >= 15 is 0 Å². The minimum Gasteiger partial charge on any atom is -0.472 e. The Morgan fingerprint density at radius 2 is 1.02 bits per heavy atom. The third-order valence-corrected chi connectivity index (χ3v) is 10.4. The van der Waals surface area contributed by atoms with Gasteiger partial charge in [0.15, 0.2) is 11.8 Å². The van der Waals surface area contributed by atoms with Crippen molar-refractivity contribution in [3.05, 3.63) is 240 Å². The minimum atomic E-state index is -0.828. The maximum Gasteiger partial charge on any atom is 0.178 e. The van der Waals surface area contributed by atoms with Crippen molar-refractivity contribution in [1.82, 2.24) is 0 Å². The Balaban J connectivity index is 1.10. The number of para-hydroxylation sites is 2.